The summed E-state index contributed by atoms with van der Waals surface area (Å²) in [5.74, 6) is -1.47. The van der Waals surface area contributed by atoms with Crippen LogP contribution in [0.1, 0.15) is 5.56 Å². The number of halogens is 1. The number of rotatable bonds is 3. The minimum atomic E-state index is -1.04. The number of ether oxygens (including phenoxy) is 1. The molecule has 0 aliphatic heterocycles. The number of aliphatic carboxylic acids is 1. The molecule has 0 amide bonds. The van der Waals surface area contributed by atoms with E-state index in [1.165, 1.54) is 7.11 Å². The van der Waals surface area contributed by atoms with Crippen molar-refractivity contribution >= 4 is 5.97 Å². The predicted molar refractivity (Wildman–Crippen MR) is 42.1 cm³/mol. The first-order chi connectivity index (χ1) is 6.13. The fourth-order valence-corrected chi connectivity index (χ4v) is 0.940. The Bertz CT molecular complexity index is 327. The van der Waals surface area contributed by atoms with E-state index < -0.39 is 11.9 Å². The van der Waals surface area contributed by atoms with E-state index in [0.29, 0.717) is 0 Å². The highest BCUT2D eigenvalue weighted by Crippen LogP contribution is 2.17. The first kappa shape index (κ1) is 9.44. The second-order valence-corrected chi connectivity index (χ2v) is 2.39. The Hall–Kier alpha value is -1.65. The minimum absolute atomic E-state index is 0.275. The quantitative estimate of drug-likeness (QED) is 0.709. The van der Waals surface area contributed by atoms with Crippen molar-refractivity contribution in [2.45, 2.75) is 6.42 Å². The fourth-order valence-electron chi connectivity index (χ4n) is 0.940. The van der Waals surface area contributed by atoms with Crippen LogP contribution < -0.4 is 4.74 Å². The summed E-state index contributed by atoms with van der Waals surface area (Å²) in [6.45, 7) is 0. The largest absolute Gasteiger partial charge is 0.495 e. The standard InChI is InChI=1S/C8H8FNO3/c1-13-6-4-10-7(9)2-5(6)3-8(11)12/h2,4H,3H2,1H3,(H,11,12). The molecule has 0 unspecified atom stereocenters. The van der Waals surface area contributed by atoms with Crippen molar-refractivity contribution < 1.29 is 19.0 Å². The number of carboxylic acid groups (broad SMARTS) is 1. The molecule has 4 nitrogen and oxygen atoms in total. The summed E-state index contributed by atoms with van der Waals surface area (Å²) < 4.78 is 17.4. The number of carbonyl (C=O) groups is 1. The molecule has 0 radical (unpaired) electrons. The smallest absolute Gasteiger partial charge is 0.307 e. The number of carboxylic acids is 1. The van der Waals surface area contributed by atoms with Crippen LogP contribution in [-0.2, 0) is 11.2 Å². The summed E-state index contributed by atoms with van der Waals surface area (Å²) in [5.41, 5.74) is 0.280. The molecule has 70 valence electrons. The molecule has 0 atom stereocenters. The molecule has 1 aromatic rings. The number of hydrogen-bond donors (Lipinski definition) is 1. The lowest BCUT2D eigenvalue weighted by Gasteiger charge is -2.04. The maximum Gasteiger partial charge on any atom is 0.307 e. The fraction of sp³-hybridized carbons (Fsp3) is 0.250. The second-order valence-electron chi connectivity index (χ2n) is 2.39. The molecule has 0 fully saturated rings. The van der Waals surface area contributed by atoms with E-state index in [-0.39, 0.29) is 17.7 Å². The Labute approximate surface area is 74.0 Å². The zero-order valence-corrected chi connectivity index (χ0v) is 6.95. The highest BCUT2D eigenvalue weighted by Gasteiger charge is 2.08. The Morgan fingerprint density at radius 3 is 3.00 bits per heavy atom. The summed E-state index contributed by atoms with van der Waals surface area (Å²) in [4.78, 5) is 13.7. The van der Waals surface area contributed by atoms with E-state index in [1.54, 1.807) is 0 Å². The predicted octanol–water partition coefficient (Wildman–Crippen LogP) is 0.856. The average Bonchev–Trinajstić information content (AvgIpc) is 2.03. The molecule has 1 heterocycles. The van der Waals surface area contributed by atoms with Crippen LogP contribution in [0.5, 0.6) is 5.75 Å². The van der Waals surface area contributed by atoms with Gasteiger partial charge in [-0.1, -0.05) is 0 Å². The molecule has 13 heavy (non-hydrogen) atoms. The molecule has 0 spiro atoms. The van der Waals surface area contributed by atoms with Crippen LogP contribution in [0.3, 0.4) is 0 Å². The molecule has 0 saturated carbocycles. The van der Waals surface area contributed by atoms with E-state index in [2.05, 4.69) is 4.98 Å². The molecular formula is C8H8FNO3. The highest BCUT2D eigenvalue weighted by molar-refractivity contribution is 5.71. The second kappa shape index (κ2) is 3.84. The van der Waals surface area contributed by atoms with Crippen molar-refractivity contribution in [3.05, 3.63) is 23.8 Å². The van der Waals surface area contributed by atoms with Gasteiger partial charge in [-0.15, -0.1) is 0 Å². The van der Waals surface area contributed by atoms with Gasteiger partial charge in [-0.2, -0.15) is 4.39 Å². The van der Waals surface area contributed by atoms with Crippen LogP contribution in [0.25, 0.3) is 0 Å². The van der Waals surface area contributed by atoms with Crippen LogP contribution in [0.4, 0.5) is 4.39 Å². The lowest BCUT2D eigenvalue weighted by Crippen LogP contribution is -2.03. The van der Waals surface area contributed by atoms with E-state index in [9.17, 15) is 9.18 Å². The molecule has 0 aliphatic rings. The molecule has 0 bridgehead atoms. The summed E-state index contributed by atoms with van der Waals surface area (Å²) in [6, 6.07) is 1.05. The summed E-state index contributed by atoms with van der Waals surface area (Å²) in [7, 11) is 1.38. The maximum absolute atomic E-state index is 12.6. The van der Waals surface area contributed by atoms with E-state index in [1.807, 2.05) is 0 Å². The van der Waals surface area contributed by atoms with Gasteiger partial charge in [0.15, 0.2) is 0 Å². The van der Waals surface area contributed by atoms with Gasteiger partial charge in [0.1, 0.15) is 5.75 Å². The van der Waals surface area contributed by atoms with Gasteiger partial charge in [0.05, 0.1) is 19.7 Å². The number of methoxy groups -OCH3 is 1. The number of nitrogens with zero attached hydrogens (tertiary/aromatic N) is 1. The summed E-state index contributed by atoms with van der Waals surface area (Å²) in [6.07, 6.45) is 0.885. The minimum Gasteiger partial charge on any atom is -0.495 e. The van der Waals surface area contributed by atoms with Crippen LogP contribution in [-0.4, -0.2) is 23.2 Å². The van der Waals surface area contributed by atoms with E-state index in [0.717, 1.165) is 12.3 Å². The van der Waals surface area contributed by atoms with Gasteiger partial charge in [-0.3, -0.25) is 4.79 Å². The zero-order chi connectivity index (χ0) is 9.84. The third-order valence-electron chi connectivity index (χ3n) is 1.48. The highest BCUT2D eigenvalue weighted by atomic mass is 19.1. The number of aromatic nitrogens is 1. The maximum atomic E-state index is 12.6. The molecule has 1 rings (SSSR count). The molecule has 1 N–H and O–H groups in total. The average molecular weight is 185 g/mol. The molecule has 5 heteroatoms. The van der Waals surface area contributed by atoms with Crippen LogP contribution in [0, 0.1) is 5.95 Å². The molecular weight excluding hydrogens is 177 g/mol. The van der Waals surface area contributed by atoms with Crippen molar-refractivity contribution in [3.8, 4) is 5.75 Å². The van der Waals surface area contributed by atoms with Crippen LogP contribution in [0.15, 0.2) is 12.3 Å². The van der Waals surface area contributed by atoms with E-state index in [4.69, 9.17) is 9.84 Å². The van der Waals surface area contributed by atoms with Gasteiger partial charge >= 0.3 is 5.97 Å². The zero-order valence-electron chi connectivity index (χ0n) is 6.95. The van der Waals surface area contributed by atoms with Gasteiger partial charge in [0.2, 0.25) is 5.95 Å². The molecule has 0 saturated heterocycles. The van der Waals surface area contributed by atoms with Crippen molar-refractivity contribution in [1.82, 2.24) is 4.98 Å². The van der Waals surface area contributed by atoms with Crippen molar-refractivity contribution in [1.29, 1.82) is 0 Å². The van der Waals surface area contributed by atoms with Crippen molar-refractivity contribution in [2.24, 2.45) is 0 Å². The topological polar surface area (TPSA) is 59.4 Å². The monoisotopic (exact) mass is 185 g/mol. The first-order valence-corrected chi connectivity index (χ1v) is 3.53. The third kappa shape index (κ3) is 2.40. The summed E-state index contributed by atoms with van der Waals surface area (Å²) >= 11 is 0. The number of hydrogen-bond acceptors (Lipinski definition) is 3. The lowest BCUT2D eigenvalue weighted by atomic mass is 10.2. The Kier molecular flexibility index (Phi) is 2.79. The van der Waals surface area contributed by atoms with Gasteiger partial charge < -0.3 is 9.84 Å². The van der Waals surface area contributed by atoms with Gasteiger partial charge in [0.25, 0.3) is 0 Å². The van der Waals surface area contributed by atoms with Crippen LogP contribution >= 0.6 is 0 Å². The normalized spacial score (nSPS) is 9.69. The Morgan fingerprint density at radius 1 is 1.77 bits per heavy atom. The van der Waals surface area contributed by atoms with Gasteiger partial charge in [-0.05, 0) is 0 Å². The number of pyridine rings is 1. The Morgan fingerprint density at radius 2 is 2.46 bits per heavy atom. The van der Waals surface area contributed by atoms with Crippen LogP contribution in [0.2, 0.25) is 0 Å². The lowest BCUT2D eigenvalue weighted by molar-refractivity contribution is -0.136. The third-order valence-corrected chi connectivity index (χ3v) is 1.48. The van der Waals surface area contributed by atoms with Crippen molar-refractivity contribution in [3.63, 3.8) is 0 Å². The molecule has 0 aromatic carbocycles. The van der Waals surface area contributed by atoms with Crippen molar-refractivity contribution in [2.75, 3.05) is 7.11 Å². The summed E-state index contributed by atoms with van der Waals surface area (Å²) in [5, 5.41) is 8.48. The van der Waals surface area contributed by atoms with E-state index >= 15 is 0 Å². The first-order valence-electron chi connectivity index (χ1n) is 3.53. The molecule has 1 aromatic heterocycles. The van der Waals surface area contributed by atoms with Gasteiger partial charge in [0, 0.05) is 11.6 Å². The Balaban J connectivity index is 3.01. The SMILES string of the molecule is COc1cnc(F)cc1CC(=O)O. The molecule has 0 aliphatic carbocycles. The van der Waals surface area contributed by atoms with Gasteiger partial charge in [-0.25, -0.2) is 4.98 Å².